The number of carbonyl (C=O) groups excluding carboxylic acids is 1. The Morgan fingerprint density at radius 2 is 2.05 bits per heavy atom. The van der Waals surface area contributed by atoms with Crippen molar-refractivity contribution in [2.45, 2.75) is 38.1 Å². The molecule has 5 nitrogen and oxygen atoms in total. The molecule has 104 valence electrons. The molecule has 0 atom stereocenters. The van der Waals surface area contributed by atoms with E-state index < -0.39 is 0 Å². The van der Waals surface area contributed by atoms with Crippen LogP contribution in [0.3, 0.4) is 0 Å². The Labute approximate surface area is 118 Å². The van der Waals surface area contributed by atoms with Crippen molar-refractivity contribution in [3.63, 3.8) is 0 Å². The van der Waals surface area contributed by atoms with Crippen molar-refractivity contribution >= 4 is 11.7 Å². The standard InChI is InChI=1S/C15H18N4O/c20-15(12-5-4-9-16-11-12)18-14-8-10-17-19(14)13-6-2-1-3-7-13/h4-5,8-11,13H,1-3,6-7H2,(H,18,20). The zero-order chi connectivity index (χ0) is 13.8. The molecule has 1 aliphatic carbocycles. The normalized spacial score (nSPS) is 16.0. The third kappa shape index (κ3) is 2.71. The number of hydrogen-bond donors (Lipinski definition) is 1. The minimum atomic E-state index is -0.143. The Morgan fingerprint density at radius 3 is 2.80 bits per heavy atom. The van der Waals surface area contributed by atoms with Crippen molar-refractivity contribution in [2.75, 3.05) is 5.32 Å². The number of hydrogen-bond acceptors (Lipinski definition) is 3. The average molecular weight is 270 g/mol. The highest BCUT2D eigenvalue weighted by molar-refractivity contribution is 6.03. The highest BCUT2D eigenvalue weighted by atomic mass is 16.1. The molecule has 0 bridgehead atoms. The van der Waals surface area contributed by atoms with Gasteiger partial charge in [-0.05, 0) is 25.0 Å². The first-order chi connectivity index (χ1) is 9.84. The Morgan fingerprint density at radius 1 is 1.20 bits per heavy atom. The van der Waals surface area contributed by atoms with E-state index in [1.54, 1.807) is 30.7 Å². The van der Waals surface area contributed by atoms with E-state index in [4.69, 9.17) is 0 Å². The molecule has 0 aromatic carbocycles. The number of pyridine rings is 1. The molecule has 0 aliphatic heterocycles. The van der Waals surface area contributed by atoms with E-state index >= 15 is 0 Å². The van der Waals surface area contributed by atoms with E-state index in [0.29, 0.717) is 11.6 Å². The van der Waals surface area contributed by atoms with Crippen molar-refractivity contribution in [2.24, 2.45) is 0 Å². The zero-order valence-corrected chi connectivity index (χ0v) is 11.3. The second kappa shape index (κ2) is 5.86. The Bertz CT molecular complexity index is 573. The van der Waals surface area contributed by atoms with Gasteiger partial charge in [0.2, 0.25) is 0 Å². The molecule has 0 unspecified atom stereocenters. The summed E-state index contributed by atoms with van der Waals surface area (Å²) >= 11 is 0. The number of nitrogens with zero attached hydrogens (tertiary/aromatic N) is 3. The van der Waals surface area contributed by atoms with Gasteiger partial charge < -0.3 is 5.32 Å². The number of amides is 1. The molecule has 3 rings (SSSR count). The Kier molecular flexibility index (Phi) is 3.76. The largest absolute Gasteiger partial charge is 0.307 e. The molecule has 0 spiro atoms. The summed E-state index contributed by atoms with van der Waals surface area (Å²) < 4.78 is 1.95. The van der Waals surface area contributed by atoms with E-state index in [1.807, 2.05) is 10.7 Å². The van der Waals surface area contributed by atoms with Crippen LogP contribution in [0.2, 0.25) is 0 Å². The Balaban J connectivity index is 1.75. The number of rotatable bonds is 3. The van der Waals surface area contributed by atoms with Crippen LogP contribution in [0.25, 0.3) is 0 Å². The molecule has 1 N–H and O–H groups in total. The van der Waals surface area contributed by atoms with Gasteiger partial charge in [0.25, 0.3) is 5.91 Å². The second-order valence-electron chi connectivity index (χ2n) is 5.15. The fraction of sp³-hybridized carbons (Fsp3) is 0.400. The molecule has 5 heteroatoms. The molecule has 2 heterocycles. The smallest absolute Gasteiger partial charge is 0.258 e. The van der Waals surface area contributed by atoms with Crippen LogP contribution in [0.5, 0.6) is 0 Å². The van der Waals surface area contributed by atoms with E-state index in [1.165, 1.54) is 19.3 Å². The lowest BCUT2D eigenvalue weighted by Gasteiger charge is -2.23. The first kappa shape index (κ1) is 12.8. The average Bonchev–Trinajstić information content (AvgIpc) is 2.97. The molecule has 2 aromatic rings. The highest BCUT2D eigenvalue weighted by Crippen LogP contribution is 2.29. The summed E-state index contributed by atoms with van der Waals surface area (Å²) in [5, 5.41) is 7.30. The summed E-state index contributed by atoms with van der Waals surface area (Å²) in [6.07, 6.45) is 11.0. The lowest BCUT2D eigenvalue weighted by atomic mass is 9.96. The number of aromatic nitrogens is 3. The lowest BCUT2D eigenvalue weighted by molar-refractivity contribution is 0.102. The topological polar surface area (TPSA) is 59.8 Å². The van der Waals surface area contributed by atoms with E-state index in [0.717, 1.165) is 18.7 Å². The Hall–Kier alpha value is -2.17. The van der Waals surface area contributed by atoms with Gasteiger partial charge in [0.1, 0.15) is 5.82 Å². The third-order valence-electron chi connectivity index (χ3n) is 3.76. The van der Waals surface area contributed by atoms with Crippen LogP contribution < -0.4 is 5.32 Å². The van der Waals surface area contributed by atoms with Gasteiger partial charge in [0.15, 0.2) is 0 Å². The van der Waals surface area contributed by atoms with Crippen LogP contribution in [-0.4, -0.2) is 20.7 Å². The molecule has 1 amide bonds. The molecule has 0 radical (unpaired) electrons. The van der Waals surface area contributed by atoms with Gasteiger partial charge in [0.05, 0.1) is 17.8 Å². The summed E-state index contributed by atoms with van der Waals surface area (Å²) in [7, 11) is 0. The van der Waals surface area contributed by atoms with Crippen LogP contribution in [0.1, 0.15) is 48.5 Å². The first-order valence-electron chi connectivity index (χ1n) is 7.09. The van der Waals surface area contributed by atoms with Crippen molar-refractivity contribution in [3.8, 4) is 0 Å². The van der Waals surface area contributed by atoms with Crippen LogP contribution in [0.4, 0.5) is 5.82 Å². The fourth-order valence-corrected chi connectivity index (χ4v) is 2.72. The van der Waals surface area contributed by atoms with Crippen molar-refractivity contribution in [1.29, 1.82) is 0 Å². The van der Waals surface area contributed by atoms with Crippen molar-refractivity contribution in [3.05, 3.63) is 42.4 Å². The van der Waals surface area contributed by atoms with Gasteiger partial charge in [-0.25, -0.2) is 4.68 Å². The van der Waals surface area contributed by atoms with Gasteiger partial charge in [-0.2, -0.15) is 5.10 Å². The van der Waals surface area contributed by atoms with E-state index in [9.17, 15) is 4.79 Å². The van der Waals surface area contributed by atoms with Gasteiger partial charge in [-0.15, -0.1) is 0 Å². The number of carbonyl (C=O) groups is 1. The molecular formula is C15H18N4O. The maximum Gasteiger partial charge on any atom is 0.258 e. The molecule has 20 heavy (non-hydrogen) atoms. The van der Waals surface area contributed by atoms with E-state index in [2.05, 4.69) is 15.4 Å². The monoisotopic (exact) mass is 270 g/mol. The minimum absolute atomic E-state index is 0.143. The zero-order valence-electron chi connectivity index (χ0n) is 11.3. The molecule has 1 saturated carbocycles. The summed E-state index contributed by atoms with van der Waals surface area (Å²) in [6.45, 7) is 0. The lowest BCUT2D eigenvalue weighted by Crippen LogP contribution is -2.20. The van der Waals surface area contributed by atoms with Crippen LogP contribution in [0.15, 0.2) is 36.8 Å². The van der Waals surface area contributed by atoms with Gasteiger partial charge in [-0.1, -0.05) is 19.3 Å². The number of anilines is 1. The molecular weight excluding hydrogens is 252 g/mol. The van der Waals surface area contributed by atoms with Crippen LogP contribution >= 0.6 is 0 Å². The molecule has 2 aromatic heterocycles. The quantitative estimate of drug-likeness (QED) is 0.932. The molecule has 1 fully saturated rings. The summed E-state index contributed by atoms with van der Waals surface area (Å²) in [6, 6.07) is 5.77. The third-order valence-corrected chi connectivity index (χ3v) is 3.76. The first-order valence-corrected chi connectivity index (χ1v) is 7.09. The predicted molar refractivity (Wildman–Crippen MR) is 76.5 cm³/mol. The summed E-state index contributed by atoms with van der Waals surface area (Å²) in [5.41, 5.74) is 0.559. The van der Waals surface area contributed by atoms with Gasteiger partial charge >= 0.3 is 0 Å². The predicted octanol–water partition coefficient (Wildman–Crippen LogP) is 3.04. The van der Waals surface area contributed by atoms with Crippen LogP contribution in [-0.2, 0) is 0 Å². The van der Waals surface area contributed by atoms with Gasteiger partial charge in [0, 0.05) is 18.5 Å². The van der Waals surface area contributed by atoms with E-state index in [-0.39, 0.29) is 5.91 Å². The van der Waals surface area contributed by atoms with Crippen LogP contribution in [0, 0.1) is 0 Å². The van der Waals surface area contributed by atoms with Crippen molar-refractivity contribution < 1.29 is 4.79 Å². The fourth-order valence-electron chi connectivity index (χ4n) is 2.72. The molecule has 1 aliphatic rings. The SMILES string of the molecule is O=C(Nc1ccnn1C1CCCCC1)c1cccnc1. The highest BCUT2D eigenvalue weighted by Gasteiger charge is 2.19. The summed E-state index contributed by atoms with van der Waals surface area (Å²) in [5.74, 6) is 0.626. The number of nitrogens with one attached hydrogen (secondary N) is 1. The van der Waals surface area contributed by atoms with Gasteiger partial charge in [-0.3, -0.25) is 9.78 Å². The summed E-state index contributed by atoms with van der Waals surface area (Å²) in [4.78, 5) is 16.1. The molecule has 0 saturated heterocycles. The maximum atomic E-state index is 12.2. The second-order valence-corrected chi connectivity index (χ2v) is 5.15. The minimum Gasteiger partial charge on any atom is -0.307 e. The van der Waals surface area contributed by atoms with Crippen molar-refractivity contribution in [1.82, 2.24) is 14.8 Å². The maximum absolute atomic E-state index is 12.2.